The molecular formula is C10H15BrN2O2. The van der Waals surface area contributed by atoms with Gasteiger partial charge >= 0.3 is 5.97 Å². The lowest BCUT2D eigenvalue weighted by Gasteiger charge is -2.06. The number of hydrogen-bond acceptors (Lipinski definition) is 3. The van der Waals surface area contributed by atoms with Gasteiger partial charge in [0.05, 0.1) is 12.8 Å². The molecule has 5 heteroatoms. The second-order valence-electron chi connectivity index (χ2n) is 3.32. The highest BCUT2D eigenvalue weighted by Crippen LogP contribution is 2.15. The molecule has 0 aliphatic carbocycles. The van der Waals surface area contributed by atoms with E-state index in [1.165, 1.54) is 7.11 Å². The monoisotopic (exact) mass is 274 g/mol. The molecule has 1 aromatic rings. The van der Waals surface area contributed by atoms with Gasteiger partial charge in [0, 0.05) is 13.2 Å². The second kappa shape index (κ2) is 5.30. The summed E-state index contributed by atoms with van der Waals surface area (Å²) < 4.78 is 6.42. The van der Waals surface area contributed by atoms with Crippen molar-refractivity contribution < 1.29 is 9.53 Å². The Morgan fingerprint density at radius 1 is 1.73 bits per heavy atom. The zero-order valence-corrected chi connectivity index (χ0v) is 10.7. The van der Waals surface area contributed by atoms with Gasteiger partial charge in [0.15, 0.2) is 0 Å². The highest BCUT2D eigenvalue weighted by Gasteiger charge is 2.18. The van der Waals surface area contributed by atoms with Crippen LogP contribution in [-0.4, -0.2) is 27.7 Å². The van der Waals surface area contributed by atoms with E-state index < -0.39 is 0 Å². The number of esters is 1. The average Bonchev–Trinajstić information content (AvgIpc) is 2.57. The number of rotatable bonds is 4. The van der Waals surface area contributed by atoms with Gasteiger partial charge in [0.1, 0.15) is 4.83 Å². The molecule has 0 aliphatic heterocycles. The fourth-order valence-electron chi connectivity index (χ4n) is 1.46. The van der Waals surface area contributed by atoms with Crippen LogP contribution in [0, 0.1) is 0 Å². The summed E-state index contributed by atoms with van der Waals surface area (Å²) in [6.45, 7) is 2.05. The standard InChI is InChI=1S/C10H15BrN2O2/c1-4-9-7(6-13(2)12-9)5-8(11)10(14)15-3/h6,8H,4-5H2,1-3H3. The van der Waals surface area contributed by atoms with Crippen molar-refractivity contribution in [2.75, 3.05) is 7.11 Å². The first-order valence-corrected chi connectivity index (χ1v) is 5.73. The third kappa shape index (κ3) is 3.06. The number of aryl methyl sites for hydroxylation is 2. The van der Waals surface area contributed by atoms with E-state index in [0.29, 0.717) is 6.42 Å². The van der Waals surface area contributed by atoms with Crippen LogP contribution in [0.25, 0.3) is 0 Å². The minimum Gasteiger partial charge on any atom is -0.468 e. The summed E-state index contributed by atoms with van der Waals surface area (Å²) in [6.07, 6.45) is 3.43. The van der Waals surface area contributed by atoms with Crippen molar-refractivity contribution in [1.29, 1.82) is 0 Å². The van der Waals surface area contributed by atoms with Crippen LogP contribution in [0.2, 0.25) is 0 Å². The first-order chi connectivity index (χ1) is 7.08. The summed E-state index contributed by atoms with van der Waals surface area (Å²) in [4.78, 5) is 10.9. The molecule has 4 nitrogen and oxygen atoms in total. The summed E-state index contributed by atoms with van der Waals surface area (Å²) in [6, 6.07) is 0. The molecule has 15 heavy (non-hydrogen) atoms. The predicted octanol–water partition coefficient (Wildman–Crippen LogP) is 1.46. The highest BCUT2D eigenvalue weighted by molar-refractivity contribution is 9.10. The first kappa shape index (κ1) is 12.2. The maximum atomic E-state index is 11.2. The van der Waals surface area contributed by atoms with Gasteiger partial charge in [-0.2, -0.15) is 5.10 Å². The molecule has 1 heterocycles. The van der Waals surface area contributed by atoms with Crippen LogP contribution in [0.3, 0.4) is 0 Å². The van der Waals surface area contributed by atoms with Crippen LogP contribution in [0.5, 0.6) is 0 Å². The molecule has 0 saturated heterocycles. The molecule has 0 bridgehead atoms. The third-order valence-electron chi connectivity index (χ3n) is 2.18. The van der Waals surface area contributed by atoms with Crippen LogP contribution in [0.4, 0.5) is 0 Å². The lowest BCUT2D eigenvalue weighted by molar-refractivity contribution is -0.139. The van der Waals surface area contributed by atoms with Crippen molar-refractivity contribution in [3.8, 4) is 0 Å². The summed E-state index contributed by atoms with van der Waals surface area (Å²) in [7, 11) is 3.27. The second-order valence-corrected chi connectivity index (χ2v) is 4.43. The number of carbonyl (C=O) groups excluding carboxylic acids is 1. The molecule has 0 aliphatic rings. The van der Waals surface area contributed by atoms with Crippen LogP contribution < -0.4 is 0 Å². The molecule has 0 spiro atoms. The molecule has 0 fully saturated rings. The van der Waals surface area contributed by atoms with E-state index >= 15 is 0 Å². The van der Waals surface area contributed by atoms with E-state index in [4.69, 9.17) is 0 Å². The number of halogens is 1. The van der Waals surface area contributed by atoms with Gasteiger partial charge in [-0.05, 0) is 18.4 Å². The van der Waals surface area contributed by atoms with Gasteiger partial charge in [-0.15, -0.1) is 0 Å². The summed E-state index contributed by atoms with van der Waals surface area (Å²) >= 11 is 3.30. The number of carbonyl (C=O) groups is 1. The molecular weight excluding hydrogens is 260 g/mol. The van der Waals surface area contributed by atoms with Crippen molar-refractivity contribution >= 4 is 21.9 Å². The van der Waals surface area contributed by atoms with Crippen LogP contribution in [0.15, 0.2) is 6.20 Å². The largest absolute Gasteiger partial charge is 0.468 e. The van der Waals surface area contributed by atoms with Gasteiger partial charge in [-0.25, -0.2) is 0 Å². The Hall–Kier alpha value is -0.840. The van der Waals surface area contributed by atoms with E-state index in [1.54, 1.807) is 4.68 Å². The summed E-state index contributed by atoms with van der Waals surface area (Å²) in [5.41, 5.74) is 2.12. The maximum Gasteiger partial charge on any atom is 0.319 e. The number of methoxy groups -OCH3 is 1. The number of hydrogen-bond donors (Lipinski definition) is 0. The molecule has 1 atom stereocenters. The van der Waals surface area contributed by atoms with Crippen LogP contribution >= 0.6 is 15.9 Å². The number of alkyl halides is 1. The number of ether oxygens (including phenoxy) is 1. The molecule has 0 saturated carbocycles. The van der Waals surface area contributed by atoms with Crippen molar-refractivity contribution in [1.82, 2.24) is 9.78 Å². The Kier molecular flexibility index (Phi) is 4.32. The maximum absolute atomic E-state index is 11.2. The zero-order chi connectivity index (χ0) is 11.4. The summed E-state index contributed by atoms with van der Waals surface area (Å²) in [5.74, 6) is -0.249. The molecule has 1 aromatic heterocycles. The first-order valence-electron chi connectivity index (χ1n) is 4.81. The minimum atomic E-state index is -0.294. The van der Waals surface area contributed by atoms with E-state index in [9.17, 15) is 4.79 Å². The lowest BCUT2D eigenvalue weighted by atomic mass is 10.1. The van der Waals surface area contributed by atoms with Gasteiger partial charge < -0.3 is 4.74 Å². The van der Waals surface area contributed by atoms with Gasteiger partial charge in [0.2, 0.25) is 0 Å². The Morgan fingerprint density at radius 3 is 2.93 bits per heavy atom. The predicted molar refractivity (Wildman–Crippen MR) is 61.0 cm³/mol. The fourth-order valence-corrected chi connectivity index (χ4v) is 1.99. The van der Waals surface area contributed by atoms with E-state index in [-0.39, 0.29) is 10.8 Å². The van der Waals surface area contributed by atoms with Crippen molar-refractivity contribution in [2.45, 2.75) is 24.6 Å². The number of aromatic nitrogens is 2. The van der Waals surface area contributed by atoms with E-state index in [1.807, 2.05) is 20.2 Å². The van der Waals surface area contributed by atoms with E-state index in [2.05, 4.69) is 25.8 Å². The Labute approximate surface area is 97.7 Å². The average molecular weight is 275 g/mol. The van der Waals surface area contributed by atoms with Gasteiger partial charge in [0.25, 0.3) is 0 Å². The van der Waals surface area contributed by atoms with Crippen LogP contribution in [0.1, 0.15) is 18.2 Å². The Balaban J connectivity index is 2.75. The quantitative estimate of drug-likeness (QED) is 0.617. The molecule has 0 aromatic carbocycles. The van der Waals surface area contributed by atoms with Crippen LogP contribution in [-0.2, 0) is 29.4 Å². The van der Waals surface area contributed by atoms with Crippen molar-refractivity contribution in [3.63, 3.8) is 0 Å². The molecule has 0 amide bonds. The molecule has 0 N–H and O–H groups in total. The van der Waals surface area contributed by atoms with Crippen molar-refractivity contribution in [3.05, 3.63) is 17.5 Å². The normalized spacial score (nSPS) is 12.5. The van der Waals surface area contributed by atoms with Gasteiger partial charge in [-0.3, -0.25) is 9.48 Å². The highest BCUT2D eigenvalue weighted by atomic mass is 79.9. The Morgan fingerprint density at radius 2 is 2.40 bits per heavy atom. The molecule has 84 valence electrons. The van der Waals surface area contributed by atoms with E-state index in [0.717, 1.165) is 17.7 Å². The van der Waals surface area contributed by atoms with Gasteiger partial charge in [-0.1, -0.05) is 22.9 Å². The zero-order valence-electron chi connectivity index (χ0n) is 9.16. The molecule has 0 radical (unpaired) electrons. The minimum absolute atomic E-state index is 0.249. The molecule has 1 unspecified atom stereocenters. The molecule has 1 rings (SSSR count). The number of nitrogens with zero attached hydrogens (tertiary/aromatic N) is 2. The SMILES string of the molecule is CCc1nn(C)cc1CC(Br)C(=O)OC. The third-order valence-corrected chi connectivity index (χ3v) is 2.88. The fraction of sp³-hybridized carbons (Fsp3) is 0.600. The summed E-state index contributed by atoms with van der Waals surface area (Å²) in [5, 5.41) is 4.31. The van der Waals surface area contributed by atoms with Crippen molar-refractivity contribution in [2.24, 2.45) is 7.05 Å². The smallest absolute Gasteiger partial charge is 0.319 e. The topological polar surface area (TPSA) is 44.1 Å². The Bertz CT molecular complexity index is 349. The lowest BCUT2D eigenvalue weighted by Crippen LogP contribution is -2.18.